The van der Waals surface area contributed by atoms with Gasteiger partial charge in [-0.3, -0.25) is 0 Å². The van der Waals surface area contributed by atoms with Gasteiger partial charge in [0.1, 0.15) is 25.6 Å². The lowest BCUT2D eigenvalue weighted by atomic mass is 10.3. The van der Waals surface area contributed by atoms with Crippen molar-refractivity contribution in [2.45, 2.75) is 13.8 Å². The Kier molecular flexibility index (Phi) is 11.5. The van der Waals surface area contributed by atoms with Crippen LogP contribution in [0.15, 0.2) is 54.6 Å². The van der Waals surface area contributed by atoms with Crippen LogP contribution >= 0.6 is 0 Å². The molecule has 0 aromatic heterocycles. The summed E-state index contributed by atoms with van der Waals surface area (Å²) in [7, 11) is 0. The van der Waals surface area contributed by atoms with Crippen LogP contribution in [0.1, 0.15) is 13.8 Å². The van der Waals surface area contributed by atoms with Crippen LogP contribution in [0, 0.1) is 0 Å². The largest absolute Gasteiger partial charge is 0.490 e. The summed E-state index contributed by atoms with van der Waals surface area (Å²) in [5, 5.41) is 8.19. The molecule has 0 aliphatic heterocycles. The smallest absolute Gasteiger partial charge is 0.333 e. The van der Waals surface area contributed by atoms with Crippen LogP contribution in [0.5, 0.6) is 5.75 Å². The second-order valence-electron chi connectivity index (χ2n) is 4.72. The summed E-state index contributed by atoms with van der Waals surface area (Å²) in [6.07, 6.45) is 0. The minimum atomic E-state index is -0.455. The normalized spacial score (nSPS) is 9.12. The fourth-order valence-corrected chi connectivity index (χ4v) is 1.20. The number of rotatable bonds is 8. The van der Waals surface area contributed by atoms with Crippen molar-refractivity contribution in [3.8, 4) is 5.75 Å². The van der Waals surface area contributed by atoms with Crippen LogP contribution in [-0.2, 0) is 19.1 Å². The predicted octanol–water partition coefficient (Wildman–Crippen LogP) is 2.28. The second kappa shape index (κ2) is 12.9. The highest BCUT2D eigenvalue weighted by Gasteiger charge is 2.02. The highest BCUT2D eigenvalue weighted by Crippen LogP contribution is 2.07. The molecule has 1 rings (SSSR count). The third-order valence-electron chi connectivity index (χ3n) is 2.35. The third-order valence-corrected chi connectivity index (χ3v) is 2.35. The number of ether oxygens (including phenoxy) is 3. The van der Waals surface area contributed by atoms with Gasteiger partial charge in [0.05, 0.1) is 6.61 Å². The number of hydrogen-bond acceptors (Lipinski definition) is 6. The highest BCUT2D eigenvalue weighted by molar-refractivity contribution is 5.87. The number of carbonyl (C=O) groups is 2. The fraction of sp³-hybridized carbons (Fsp3) is 0.333. The zero-order chi connectivity index (χ0) is 18.4. The van der Waals surface area contributed by atoms with E-state index in [0.29, 0.717) is 17.8 Å². The Hall–Kier alpha value is -2.60. The molecule has 132 valence electrons. The number of benzene rings is 1. The van der Waals surface area contributed by atoms with Crippen LogP contribution in [0.3, 0.4) is 0 Å². The Morgan fingerprint density at radius 2 is 1.42 bits per heavy atom. The molecule has 1 N–H and O–H groups in total. The number of carbonyl (C=O) groups excluding carboxylic acids is 2. The van der Waals surface area contributed by atoms with Gasteiger partial charge in [0.25, 0.3) is 0 Å². The van der Waals surface area contributed by atoms with E-state index in [1.165, 1.54) is 0 Å². The monoisotopic (exact) mass is 336 g/mol. The van der Waals surface area contributed by atoms with Crippen molar-refractivity contribution < 1.29 is 28.9 Å². The molecule has 0 aliphatic carbocycles. The standard InChI is InChI=1S/C12H14O3.C6H10O3/c1-10(2)12(13)15-9-8-14-11-6-4-3-5-7-11;1-5(2)6(8)9-4-3-7/h3-7H,1,8-9H2,2H3;7H,1,3-4H2,2H3. The van der Waals surface area contributed by atoms with Crippen LogP contribution in [0.2, 0.25) is 0 Å². The Bertz CT molecular complexity index is 536. The van der Waals surface area contributed by atoms with Crippen molar-refractivity contribution in [2.75, 3.05) is 26.4 Å². The van der Waals surface area contributed by atoms with E-state index in [0.717, 1.165) is 5.75 Å². The molecule has 0 bridgehead atoms. The van der Waals surface area contributed by atoms with Gasteiger partial charge in [0, 0.05) is 11.1 Å². The average molecular weight is 336 g/mol. The fourth-order valence-electron chi connectivity index (χ4n) is 1.20. The third kappa shape index (κ3) is 11.0. The molecule has 0 spiro atoms. The molecule has 0 amide bonds. The first-order valence-electron chi connectivity index (χ1n) is 7.32. The van der Waals surface area contributed by atoms with E-state index in [4.69, 9.17) is 14.6 Å². The summed E-state index contributed by atoms with van der Waals surface area (Å²) in [5.74, 6) is -0.0698. The molecule has 0 radical (unpaired) electrons. The lowest BCUT2D eigenvalue weighted by Gasteiger charge is -2.06. The van der Waals surface area contributed by atoms with E-state index < -0.39 is 5.97 Å². The summed E-state index contributed by atoms with van der Waals surface area (Å²) in [4.78, 5) is 21.4. The maximum Gasteiger partial charge on any atom is 0.333 e. The summed E-state index contributed by atoms with van der Waals surface area (Å²) in [6.45, 7) is 10.5. The highest BCUT2D eigenvalue weighted by atomic mass is 16.6. The van der Waals surface area contributed by atoms with Gasteiger partial charge < -0.3 is 19.3 Å². The zero-order valence-corrected chi connectivity index (χ0v) is 14.1. The molecule has 1 aromatic carbocycles. The van der Waals surface area contributed by atoms with Crippen molar-refractivity contribution >= 4 is 11.9 Å². The van der Waals surface area contributed by atoms with E-state index in [1.807, 2.05) is 30.3 Å². The van der Waals surface area contributed by atoms with Crippen molar-refractivity contribution in [1.82, 2.24) is 0 Å². The Balaban J connectivity index is 0.000000506. The van der Waals surface area contributed by atoms with Crippen molar-refractivity contribution in [3.05, 3.63) is 54.6 Å². The molecule has 6 heteroatoms. The van der Waals surface area contributed by atoms with Crippen LogP contribution < -0.4 is 4.74 Å². The quantitative estimate of drug-likeness (QED) is 0.445. The molecule has 0 saturated heterocycles. The van der Waals surface area contributed by atoms with Crippen LogP contribution in [-0.4, -0.2) is 43.5 Å². The topological polar surface area (TPSA) is 82.1 Å². The molecule has 0 saturated carbocycles. The zero-order valence-electron chi connectivity index (χ0n) is 14.1. The number of aliphatic hydroxyl groups excluding tert-OH is 1. The molecule has 0 unspecified atom stereocenters. The van der Waals surface area contributed by atoms with E-state index >= 15 is 0 Å². The first kappa shape index (κ1) is 21.4. The molecular formula is C18H24O6. The number of aliphatic hydroxyl groups is 1. The van der Waals surface area contributed by atoms with Gasteiger partial charge in [-0.25, -0.2) is 9.59 Å². The molecule has 0 aliphatic rings. The minimum Gasteiger partial charge on any atom is -0.490 e. The molecule has 1 aromatic rings. The van der Waals surface area contributed by atoms with Gasteiger partial charge in [-0.05, 0) is 26.0 Å². The van der Waals surface area contributed by atoms with Gasteiger partial charge in [-0.15, -0.1) is 0 Å². The van der Waals surface area contributed by atoms with Crippen molar-refractivity contribution in [3.63, 3.8) is 0 Å². The minimum absolute atomic E-state index is 0.0473. The van der Waals surface area contributed by atoms with Gasteiger partial charge in [0.2, 0.25) is 0 Å². The Labute approximate surface area is 142 Å². The van der Waals surface area contributed by atoms with E-state index in [-0.39, 0.29) is 25.8 Å². The van der Waals surface area contributed by atoms with E-state index in [1.54, 1.807) is 13.8 Å². The lowest BCUT2D eigenvalue weighted by Crippen LogP contribution is -2.12. The first-order valence-corrected chi connectivity index (χ1v) is 7.32. The van der Waals surface area contributed by atoms with Crippen LogP contribution in [0.25, 0.3) is 0 Å². The number of para-hydroxylation sites is 1. The predicted molar refractivity (Wildman–Crippen MR) is 90.6 cm³/mol. The number of esters is 2. The second-order valence-corrected chi connectivity index (χ2v) is 4.72. The van der Waals surface area contributed by atoms with Gasteiger partial charge in [0.15, 0.2) is 0 Å². The summed E-state index contributed by atoms with van der Waals surface area (Å²) >= 11 is 0. The average Bonchev–Trinajstić information content (AvgIpc) is 2.57. The van der Waals surface area contributed by atoms with E-state index in [9.17, 15) is 9.59 Å². The van der Waals surface area contributed by atoms with Gasteiger partial charge >= 0.3 is 11.9 Å². The summed E-state index contributed by atoms with van der Waals surface area (Å²) in [5.41, 5.74) is 0.748. The van der Waals surface area contributed by atoms with Gasteiger partial charge in [-0.2, -0.15) is 0 Å². The van der Waals surface area contributed by atoms with Crippen molar-refractivity contribution in [2.24, 2.45) is 0 Å². The van der Waals surface area contributed by atoms with Crippen molar-refractivity contribution in [1.29, 1.82) is 0 Å². The molecule has 0 heterocycles. The maximum atomic E-state index is 11.0. The first-order chi connectivity index (χ1) is 11.4. The number of hydrogen-bond donors (Lipinski definition) is 1. The SMILES string of the molecule is C=C(C)C(=O)OCCO.C=C(C)C(=O)OCCOc1ccccc1. The lowest BCUT2D eigenvalue weighted by molar-refractivity contribution is -0.140. The Morgan fingerprint density at radius 1 is 0.917 bits per heavy atom. The molecular weight excluding hydrogens is 312 g/mol. The molecule has 0 fully saturated rings. The maximum absolute atomic E-state index is 11.0. The Morgan fingerprint density at radius 3 is 1.88 bits per heavy atom. The van der Waals surface area contributed by atoms with Crippen LogP contribution in [0.4, 0.5) is 0 Å². The molecule has 6 nitrogen and oxygen atoms in total. The molecule has 0 atom stereocenters. The molecule has 24 heavy (non-hydrogen) atoms. The van der Waals surface area contributed by atoms with E-state index in [2.05, 4.69) is 17.9 Å². The van der Waals surface area contributed by atoms with Gasteiger partial charge in [-0.1, -0.05) is 31.4 Å². The summed E-state index contributed by atoms with van der Waals surface area (Å²) < 4.78 is 14.7. The summed E-state index contributed by atoms with van der Waals surface area (Å²) in [6, 6.07) is 9.37.